The lowest BCUT2D eigenvalue weighted by atomic mass is 10.1. The Morgan fingerprint density at radius 2 is 1.96 bits per heavy atom. The molecule has 24 heavy (non-hydrogen) atoms. The normalized spacial score (nSPS) is 10.4. The maximum atomic E-state index is 12.4. The lowest BCUT2D eigenvalue weighted by Gasteiger charge is -2.22. The summed E-state index contributed by atoms with van der Waals surface area (Å²) in [5.74, 6) is 0.0656. The van der Waals surface area contributed by atoms with E-state index in [1.165, 1.54) is 22.5 Å². The third-order valence-corrected chi connectivity index (χ3v) is 4.82. The molecule has 0 atom stereocenters. The fourth-order valence-corrected chi connectivity index (χ4v) is 3.10. The minimum absolute atomic E-state index is 0.0651. The van der Waals surface area contributed by atoms with Gasteiger partial charge in [0.15, 0.2) is 0 Å². The molecule has 1 aromatic heterocycles. The maximum absolute atomic E-state index is 12.4. The van der Waals surface area contributed by atoms with Gasteiger partial charge in [0.25, 0.3) is 5.91 Å². The van der Waals surface area contributed by atoms with E-state index >= 15 is 0 Å². The van der Waals surface area contributed by atoms with E-state index in [-0.39, 0.29) is 11.8 Å². The number of benzene rings is 1. The molecular formula is C19H24N2O2S. The molecule has 0 aliphatic rings. The van der Waals surface area contributed by atoms with Gasteiger partial charge >= 0.3 is 0 Å². The number of amides is 2. The van der Waals surface area contributed by atoms with Gasteiger partial charge in [-0.2, -0.15) is 0 Å². The molecule has 1 N–H and O–H groups in total. The fraction of sp³-hybridized carbons (Fsp3) is 0.368. The predicted octanol–water partition coefficient (Wildman–Crippen LogP) is 3.62. The van der Waals surface area contributed by atoms with Gasteiger partial charge in [0.05, 0.1) is 4.88 Å². The van der Waals surface area contributed by atoms with Gasteiger partial charge in [-0.1, -0.05) is 30.3 Å². The predicted molar refractivity (Wildman–Crippen MR) is 98.2 cm³/mol. The Morgan fingerprint density at radius 1 is 1.17 bits per heavy atom. The Bertz CT molecular complexity index is 668. The summed E-state index contributed by atoms with van der Waals surface area (Å²) < 4.78 is 0. The summed E-state index contributed by atoms with van der Waals surface area (Å²) in [7, 11) is 0. The number of hydrogen-bond donors (Lipinski definition) is 1. The Balaban J connectivity index is 1.76. The van der Waals surface area contributed by atoms with Gasteiger partial charge in [-0.05, 0) is 42.8 Å². The van der Waals surface area contributed by atoms with Gasteiger partial charge in [-0.3, -0.25) is 9.59 Å². The second-order valence-corrected chi connectivity index (χ2v) is 6.62. The first-order valence-corrected chi connectivity index (χ1v) is 9.13. The number of carbonyl (C=O) groups is 2. The smallest absolute Gasteiger partial charge is 0.261 e. The van der Waals surface area contributed by atoms with Crippen molar-refractivity contribution < 1.29 is 9.59 Å². The van der Waals surface area contributed by atoms with Gasteiger partial charge in [0.2, 0.25) is 5.91 Å². The van der Waals surface area contributed by atoms with Crippen molar-refractivity contribution in [1.82, 2.24) is 10.2 Å². The molecule has 0 spiro atoms. The first kappa shape index (κ1) is 18.2. The van der Waals surface area contributed by atoms with E-state index in [1.54, 1.807) is 6.07 Å². The van der Waals surface area contributed by atoms with Crippen molar-refractivity contribution in [3.8, 4) is 0 Å². The molecule has 0 unspecified atom stereocenters. The van der Waals surface area contributed by atoms with Crippen LogP contribution in [0.25, 0.3) is 0 Å². The molecule has 2 amide bonds. The summed E-state index contributed by atoms with van der Waals surface area (Å²) in [6, 6.07) is 11.8. The van der Waals surface area contributed by atoms with E-state index in [4.69, 9.17) is 0 Å². The van der Waals surface area contributed by atoms with E-state index in [0.29, 0.717) is 37.4 Å². The highest BCUT2D eigenvalue weighted by atomic mass is 32.1. The summed E-state index contributed by atoms with van der Waals surface area (Å²) >= 11 is 1.42. The van der Waals surface area contributed by atoms with Crippen molar-refractivity contribution in [3.63, 3.8) is 0 Å². The van der Waals surface area contributed by atoms with E-state index < -0.39 is 0 Å². The highest BCUT2D eigenvalue weighted by Crippen LogP contribution is 2.12. The quantitative estimate of drug-likeness (QED) is 0.744. The number of rotatable bonds is 8. The Labute approximate surface area is 147 Å². The van der Waals surface area contributed by atoms with E-state index in [9.17, 15) is 9.59 Å². The molecule has 2 aromatic rings. The number of nitrogens with zero attached hydrogens (tertiary/aromatic N) is 1. The van der Waals surface area contributed by atoms with Crippen molar-refractivity contribution in [2.45, 2.75) is 33.2 Å². The molecule has 1 heterocycles. The maximum Gasteiger partial charge on any atom is 0.261 e. The van der Waals surface area contributed by atoms with Crippen molar-refractivity contribution in [3.05, 3.63) is 57.8 Å². The minimum atomic E-state index is -0.0651. The molecule has 0 aliphatic heterocycles. The molecule has 0 saturated heterocycles. The van der Waals surface area contributed by atoms with E-state index in [2.05, 4.69) is 24.4 Å². The van der Waals surface area contributed by atoms with Crippen LogP contribution in [-0.4, -0.2) is 29.8 Å². The van der Waals surface area contributed by atoms with Crippen molar-refractivity contribution >= 4 is 23.2 Å². The zero-order chi connectivity index (χ0) is 17.4. The van der Waals surface area contributed by atoms with Crippen LogP contribution in [0.15, 0.2) is 41.8 Å². The lowest BCUT2D eigenvalue weighted by molar-refractivity contribution is -0.131. The summed E-state index contributed by atoms with van der Waals surface area (Å²) in [6.07, 6.45) is 1.10. The minimum Gasteiger partial charge on any atom is -0.351 e. The highest BCUT2D eigenvalue weighted by molar-refractivity contribution is 7.12. The summed E-state index contributed by atoms with van der Waals surface area (Å²) in [5.41, 5.74) is 2.38. The number of nitrogens with one attached hydrogen (secondary N) is 1. The topological polar surface area (TPSA) is 49.4 Å². The average Bonchev–Trinajstić information content (AvgIpc) is 3.12. The van der Waals surface area contributed by atoms with E-state index in [1.807, 2.05) is 35.4 Å². The first-order chi connectivity index (χ1) is 11.6. The standard InChI is InChI=1S/C19H24N2O2S/c1-3-21(14-16-9-5-4-8-15(16)2)18(22)11-6-12-20-19(23)17-10-7-13-24-17/h4-5,7-10,13H,3,6,11-12,14H2,1-2H3,(H,20,23). The van der Waals surface area contributed by atoms with Gasteiger partial charge in [0, 0.05) is 26.1 Å². The molecular weight excluding hydrogens is 320 g/mol. The van der Waals surface area contributed by atoms with Gasteiger partial charge in [-0.15, -0.1) is 11.3 Å². The zero-order valence-corrected chi connectivity index (χ0v) is 15.1. The van der Waals surface area contributed by atoms with Gasteiger partial charge in [-0.25, -0.2) is 0 Å². The Hall–Kier alpha value is -2.14. The van der Waals surface area contributed by atoms with E-state index in [0.717, 1.165) is 0 Å². The second kappa shape index (κ2) is 9.23. The largest absolute Gasteiger partial charge is 0.351 e. The number of carbonyl (C=O) groups excluding carboxylic acids is 2. The third kappa shape index (κ3) is 5.20. The van der Waals surface area contributed by atoms with Crippen LogP contribution in [0.3, 0.4) is 0 Å². The number of hydrogen-bond acceptors (Lipinski definition) is 3. The van der Waals surface area contributed by atoms with Crippen molar-refractivity contribution in [1.29, 1.82) is 0 Å². The molecule has 0 bridgehead atoms. The summed E-state index contributed by atoms with van der Waals surface area (Å²) in [6.45, 7) is 5.91. The summed E-state index contributed by atoms with van der Waals surface area (Å²) in [4.78, 5) is 26.8. The monoisotopic (exact) mass is 344 g/mol. The van der Waals surface area contributed by atoms with Crippen LogP contribution in [0.1, 0.15) is 40.6 Å². The second-order valence-electron chi connectivity index (χ2n) is 5.67. The first-order valence-electron chi connectivity index (χ1n) is 8.25. The summed E-state index contributed by atoms with van der Waals surface area (Å²) in [5, 5.41) is 4.74. The Morgan fingerprint density at radius 3 is 2.62 bits per heavy atom. The van der Waals surface area contributed by atoms with Gasteiger partial charge < -0.3 is 10.2 Å². The highest BCUT2D eigenvalue weighted by Gasteiger charge is 2.13. The molecule has 128 valence electrons. The molecule has 1 aromatic carbocycles. The number of thiophene rings is 1. The van der Waals surface area contributed by atoms with Crippen LogP contribution in [0, 0.1) is 6.92 Å². The average molecular weight is 344 g/mol. The zero-order valence-electron chi connectivity index (χ0n) is 14.2. The molecule has 4 nitrogen and oxygen atoms in total. The molecule has 0 saturated carbocycles. The Kier molecular flexibility index (Phi) is 7.00. The van der Waals surface area contributed by atoms with Crippen LogP contribution < -0.4 is 5.32 Å². The van der Waals surface area contributed by atoms with Crippen LogP contribution in [0.4, 0.5) is 0 Å². The van der Waals surface area contributed by atoms with Crippen LogP contribution in [0.5, 0.6) is 0 Å². The molecule has 0 fully saturated rings. The molecule has 2 rings (SSSR count). The van der Waals surface area contributed by atoms with Crippen LogP contribution >= 0.6 is 11.3 Å². The third-order valence-electron chi connectivity index (χ3n) is 3.95. The fourth-order valence-electron chi connectivity index (χ4n) is 2.46. The molecule has 0 aliphatic carbocycles. The van der Waals surface area contributed by atoms with Gasteiger partial charge in [0.1, 0.15) is 0 Å². The molecule has 5 heteroatoms. The van der Waals surface area contributed by atoms with Crippen LogP contribution in [-0.2, 0) is 11.3 Å². The molecule has 0 radical (unpaired) electrons. The SMILES string of the molecule is CCN(Cc1ccccc1C)C(=O)CCCNC(=O)c1cccs1. The van der Waals surface area contributed by atoms with Crippen molar-refractivity contribution in [2.24, 2.45) is 0 Å². The lowest BCUT2D eigenvalue weighted by Crippen LogP contribution is -2.31. The van der Waals surface area contributed by atoms with Crippen LogP contribution in [0.2, 0.25) is 0 Å². The van der Waals surface area contributed by atoms with Crippen molar-refractivity contribution in [2.75, 3.05) is 13.1 Å². The number of aryl methyl sites for hydroxylation is 1.